The summed E-state index contributed by atoms with van der Waals surface area (Å²) in [6, 6.07) is 4.18. The highest BCUT2D eigenvalue weighted by Gasteiger charge is 2.28. The van der Waals surface area contributed by atoms with Crippen LogP contribution < -0.4 is 10.6 Å². The largest absolute Gasteiger partial charge is 0.355 e. The lowest BCUT2D eigenvalue weighted by Gasteiger charge is -2.15. The number of hydrogen-bond acceptors (Lipinski definition) is 3. The lowest BCUT2D eigenvalue weighted by molar-refractivity contribution is -0.127. The van der Waals surface area contributed by atoms with E-state index in [2.05, 4.69) is 16.7 Å². The molecule has 1 saturated heterocycles. The zero-order valence-corrected chi connectivity index (χ0v) is 10.5. The molecule has 17 heavy (non-hydrogen) atoms. The molecule has 2 heterocycles. The highest BCUT2D eigenvalue weighted by Crippen LogP contribution is 2.13. The number of rotatable bonds is 4. The van der Waals surface area contributed by atoms with Gasteiger partial charge < -0.3 is 10.6 Å². The van der Waals surface area contributed by atoms with Gasteiger partial charge in [0.05, 0.1) is 5.92 Å². The maximum atomic E-state index is 11.8. The van der Waals surface area contributed by atoms with Gasteiger partial charge in [-0.3, -0.25) is 9.59 Å². The second-order valence-electron chi connectivity index (χ2n) is 4.40. The van der Waals surface area contributed by atoms with Crippen molar-refractivity contribution in [2.75, 3.05) is 6.54 Å². The van der Waals surface area contributed by atoms with Crippen LogP contribution >= 0.6 is 11.3 Å². The van der Waals surface area contributed by atoms with Crippen LogP contribution in [0, 0.1) is 5.92 Å². The zero-order valence-electron chi connectivity index (χ0n) is 9.73. The second-order valence-corrected chi connectivity index (χ2v) is 5.43. The van der Waals surface area contributed by atoms with Crippen molar-refractivity contribution < 1.29 is 9.59 Å². The lowest BCUT2D eigenvalue weighted by atomic mass is 10.1. The molecule has 0 bridgehead atoms. The molecule has 1 aromatic rings. The van der Waals surface area contributed by atoms with Crippen molar-refractivity contribution in [3.63, 3.8) is 0 Å². The van der Waals surface area contributed by atoms with Crippen LogP contribution in [-0.2, 0) is 16.0 Å². The fourth-order valence-corrected chi connectivity index (χ4v) is 2.77. The summed E-state index contributed by atoms with van der Waals surface area (Å²) in [7, 11) is 0. The quantitative estimate of drug-likeness (QED) is 0.837. The average molecular weight is 252 g/mol. The Morgan fingerprint density at radius 2 is 2.53 bits per heavy atom. The Labute approximate surface area is 104 Å². The van der Waals surface area contributed by atoms with Gasteiger partial charge in [-0.1, -0.05) is 6.07 Å². The summed E-state index contributed by atoms with van der Waals surface area (Å²) < 4.78 is 0. The standard InChI is InChI=1S/C12H16N2O2S/c1-8(5-10-3-2-4-17-10)14-12(16)9-6-11(15)13-7-9/h2-4,8-9H,5-7H2,1H3,(H,13,15)(H,14,16). The van der Waals surface area contributed by atoms with Gasteiger partial charge in [-0.2, -0.15) is 0 Å². The first-order chi connectivity index (χ1) is 8.15. The zero-order chi connectivity index (χ0) is 12.3. The third-order valence-corrected chi connectivity index (χ3v) is 3.72. The van der Waals surface area contributed by atoms with Crippen LogP contribution in [0.5, 0.6) is 0 Å². The van der Waals surface area contributed by atoms with Gasteiger partial charge in [0.1, 0.15) is 0 Å². The van der Waals surface area contributed by atoms with Crippen LogP contribution in [-0.4, -0.2) is 24.4 Å². The highest BCUT2D eigenvalue weighted by atomic mass is 32.1. The van der Waals surface area contributed by atoms with Gasteiger partial charge in [-0.05, 0) is 18.4 Å². The van der Waals surface area contributed by atoms with Crippen molar-refractivity contribution >= 4 is 23.2 Å². The molecular weight excluding hydrogens is 236 g/mol. The SMILES string of the molecule is CC(Cc1cccs1)NC(=O)C1CNC(=O)C1. The third-order valence-electron chi connectivity index (χ3n) is 2.82. The van der Waals surface area contributed by atoms with E-state index in [1.165, 1.54) is 4.88 Å². The fraction of sp³-hybridized carbons (Fsp3) is 0.500. The molecule has 0 aromatic carbocycles. The van der Waals surface area contributed by atoms with E-state index >= 15 is 0 Å². The van der Waals surface area contributed by atoms with Crippen molar-refractivity contribution in [3.05, 3.63) is 22.4 Å². The normalized spacial score (nSPS) is 21.0. The fourth-order valence-electron chi connectivity index (χ4n) is 1.93. The van der Waals surface area contributed by atoms with Crippen LogP contribution in [0.3, 0.4) is 0 Å². The molecule has 2 N–H and O–H groups in total. The van der Waals surface area contributed by atoms with E-state index < -0.39 is 0 Å². The maximum Gasteiger partial charge on any atom is 0.225 e. The Morgan fingerprint density at radius 3 is 3.12 bits per heavy atom. The molecule has 0 spiro atoms. The summed E-state index contributed by atoms with van der Waals surface area (Å²) in [6.45, 7) is 2.46. The van der Waals surface area contributed by atoms with Crippen molar-refractivity contribution in [1.82, 2.24) is 10.6 Å². The Balaban J connectivity index is 1.80. The van der Waals surface area contributed by atoms with E-state index in [0.29, 0.717) is 13.0 Å². The summed E-state index contributed by atoms with van der Waals surface area (Å²) in [5, 5.41) is 7.66. The second kappa shape index (κ2) is 5.31. The first kappa shape index (κ1) is 12.1. The van der Waals surface area contributed by atoms with Crippen molar-refractivity contribution in [1.29, 1.82) is 0 Å². The Hall–Kier alpha value is -1.36. The lowest BCUT2D eigenvalue weighted by Crippen LogP contribution is -2.38. The predicted octanol–water partition coefficient (Wildman–Crippen LogP) is 0.931. The van der Waals surface area contributed by atoms with Crippen LogP contribution in [0.1, 0.15) is 18.2 Å². The highest BCUT2D eigenvalue weighted by molar-refractivity contribution is 7.09. The first-order valence-corrected chi connectivity index (χ1v) is 6.62. The number of carbonyl (C=O) groups excluding carboxylic acids is 2. The minimum Gasteiger partial charge on any atom is -0.355 e. The Bertz CT molecular complexity index is 403. The van der Waals surface area contributed by atoms with Gasteiger partial charge >= 0.3 is 0 Å². The monoisotopic (exact) mass is 252 g/mol. The molecule has 1 aromatic heterocycles. The molecule has 5 heteroatoms. The number of nitrogens with one attached hydrogen (secondary N) is 2. The molecule has 2 rings (SSSR count). The summed E-state index contributed by atoms with van der Waals surface area (Å²) in [6.07, 6.45) is 1.16. The molecule has 92 valence electrons. The first-order valence-electron chi connectivity index (χ1n) is 5.74. The van der Waals surface area contributed by atoms with Gasteiger partial charge in [0.2, 0.25) is 11.8 Å². The number of amides is 2. The van der Waals surface area contributed by atoms with Gasteiger partial charge in [0.15, 0.2) is 0 Å². The van der Waals surface area contributed by atoms with Gasteiger partial charge in [0.25, 0.3) is 0 Å². The molecular formula is C12H16N2O2S. The molecule has 2 amide bonds. The summed E-state index contributed by atoms with van der Waals surface area (Å²) in [4.78, 5) is 24.1. The summed E-state index contributed by atoms with van der Waals surface area (Å²) in [5.74, 6) is -0.253. The van der Waals surface area contributed by atoms with Crippen LogP contribution in [0.25, 0.3) is 0 Å². The Morgan fingerprint density at radius 1 is 1.71 bits per heavy atom. The maximum absolute atomic E-state index is 11.8. The van der Waals surface area contributed by atoms with Crippen molar-refractivity contribution in [3.8, 4) is 0 Å². The topological polar surface area (TPSA) is 58.2 Å². The molecule has 0 radical (unpaired) electrons. The summed E-state index contributed by atoms with van der Waals surface area (Å²) >= 11 is 1.69. The molecule has 1 aliphatic rings. The van der Waals surface area contributed by atoms with Crippen molar-refractivity contribution in [2.24, 2.45) is 5.92 Å². The van der Waals surface area contributed by atoms with Gasteiger partial charge in [-0.15, -0.1) is 11.3 Å². The van der Waals surface area contributed by atoms with Crippen LogP contribution in [0.4, 0.5) is 0 Å². The van der Waals surface area contributed by atoms with E-state index in [0.717, 1.165) is 6.42 Å². The smallest absolute Gasteiger partial charge is 0.225 e. The van der Waals surface area contributed by atoms with Crippen molar-refractivity contribution in [2.45, 2.75) is 25.8 Å². The summed E-state index contributed by atoms with van der Waals surface area (Å²) in [5.41, 5.74) is 0. The van der Waals surface area contributed by atoms with E-state index in [4.69, 9.17) is 0 Å². The van der Waals surface area contributed by atoms with Crippen LogP contribution in [0.15, 0.2) is 17.5 Å². The molecule has 1 aliphatic heterocycles. The molecule has 1 fully saturated rings. The number of hydrogen-bond donors (Lipinski definition) is 2. The molecule has 0 saturated carbocycles. The van der Waals surface area contributed by atoms with E-state index in [9.17, 15) is 9.59 Å². The minimum atomic E-state index is -0.201. The minimum absolute atomic E-state index is 0.0209. The van der Waals surface area contributed by atoms with E-state index in [1.54, 1.807) is 11.3 Å². The molecule has 0 aliphatic carbocycles. The van der Waals surface area contributed by atoms with Gasteiger partial charge in [-0.25, -0.2) is 0 Å². The predicted molar refractivity (Wildman–Crippen MR) is 66.7 cm³/mol. The number of thiophene rings is 1. The molecule has 2 atom stereocenters. The van der Waals surface area contributed by atoms with Gasteiger partial charge in [0, 0.05) is 30.3 Å². The number of carbonyl (C=O) groups is 2. The Kier molecular flexibility index (Phi) is 3.78. The molecule has 4 nitrogen and oxygen atoms in total. The third kappa shape index (κ3) is 3.30. The van der Waals surface area contributed by atoms with E-state index in [1.807, 2.05) is 18.4 Å². The van der Waals surface area contributed by atoms with Crippen LogP contribution in [0.2, 0.25) is 0 Å². The molecule has 2 unspecified atom stereocenters. The average Bonchev–Trinajstić information content (AvgIpc) is 2.89. The van der Waals surface area contributed by atoms with E-state index in [-0.39, 0.29) is 23.8 Å².